The molecule has 0 amide bonds. The fourth-order valence-corrected chi connectivity index (χ4v) is 3.61. The van der Waals surface area contributed by atoms with Crippen LogP contribution in [-0.4, -0.2) is 28.0 Å². The van der Waals surface area contributed by atoms with E-state index in [1.165, 1.54) is 24.3 Å². The van der Waals surface area contributed by atoms with Crippen molar-refractivity contribution < 1.29 is 0 Å². The third-order valence-corrected chi connectivity index (χ3v) is 4.61. The molecule has 5 heteroatoms. The van der Waals surface area contributed by atoms with E-state index in [1.54, 1.807) is 6.33 Å². The van der Waals surface area contributed by atoms with E-state index in [0.29, 0.717) is 0 Å². The van der Waals surface area contributed by atoms with Gasteiger partial charge < -0.3 is 11.1 Å². The number of nitrogens with one attached hydrogen (secondary N) is 1. The minimum absolute atomic E-state index is 0.737. The quantitative estimate of drug-likeness (QED) is 0.843. The highest BCUT2D eigenvalue weighted by atomic mass is 32.2. The molecule has 100 valence electrons. The molecule has 1 aliphatic rings. The number of fused-ring (bicyclic) bond motifs is 1. The Morgan fingerprint density at radius 1 is 1.26 bits per heavy atom. The summed E-state index contributed by atoms with van der Waals surface area (Å²) in [7, 11) is 0. The van der Waals surface area contributed by atoms with E-state index in [-0.39, 0.29) is 0 Å². The number of hydrogen-bond donors (Lipinski definition) is 2. The molecule has 2 heterocycles. The number of thioether (sulfide) groups is 1. The molecule has 19 heavy (non-hydrogen) atoms. The first-order valence-electron chi connectivity index (χ1n) is 6.65. The Morgan fingerprint density at radius 2 is 2.11 bits per heavy atom. The molecule has 1 aromatic carbocycles. The molecule has 0 atom stereocenters. The highest BCUT2D eigenvalue weighted by Crippen LogP contribution is 2.25. The number of aromatic nitrogens is 2. The van der Waals surface area contributed by atoms with E-state index < -0.39 is 0 Å². The van der Waals surface area contributed by atoms with Gasteiger partial charge in [-0.05, 0) is 48.5 Å². The Balaban J connectivity index is 1.76. The minimum Gasteiger partial charge on any atom is -0.399 e. The number of anilines is 2. The Kier molecular flexibility index (Phi) is 3.73. The van der Waals surface area contributed by atoms with Crippen LogP contribution in [0.25, 0.3) is 10.9 Å². The normalized spacial score (nSPS) is 16.6. The molecule has 0 saturated carbocycles. The molecule has 1 fully saturated rings. The van der Waals surface area contributed by atoms with Crippen molar-refractivity contribution in [3.05, 3.63) is 24.5 Å². The Bertz CT molecular complexity index is 566. The van der Waals surface area contributed by atoms with Crippen molar-refractivity contribution in [3.63, 3.8) is 0 Å². The standard InChI is InChI=1S/C14H18N4S/c15-11-1-2-12-13(7-11)17-9-18-14(12)16-8-10-3-5-19-6-4-10/h1-2,7,9-10H,3-6,8,15H2,(H,16,17,18). The van der Waals surface area contributed by atoms with E-state index in [1.807, 2.05) is 18.2 Å². The van der Waals surface area contributed by atoms with Crippen molar-refractivity contribution in [2.24, 2.45) is 5.92 Å². The van der Waals surface area contributed by atoms with Gasteiger partial charge in [0.15, 0.2) is 0 Å². The van der Waals surface area contributed by atoms with Crippen LogP contribution in [0.1, 0.15) is 12.8 Å². The lowest BCUT2D eigenvalue weighted by molar-refractivity contribution is 0.515. The zero-order chi connectivity index (χ0) is 13.1. The van der Waals surface area contributed by atoms with E-state index in [0.717, 1.165) is 34.9 Å². The summed E-state index contributed by atoms with van der Waals surface area (Å²) >= 11 is 2.06. The number of nitrogens with zero attached hydrogens (tertiary/aromatic N) is 2. The van der Waals surface area contributed by atoms with Gasteiger partial charge in [-0.25, -0.2) is 9.97 Å². The van der Waals surface area contributed by atoms with Crippen LogP contribution in [0.2, 0.25) is 0 Å². The maximum Gasteiger partial charge on any atom is 0.137 e. The smallest absolute Gasteiger partial charge is 0.137 e. The van der Waals surface area contributed by atoms with E-state index >= 15 is 0 Å². The highest BCUT2D eigenvalue weighted by Gasteiger charge is 2.14. The van der Waals surface area contributed by atoms with Gasteiger partial charge in [-0.15, -0.1) is 0 Å². The van der Waals surface area contributed by atoms with Crippen LogP contribution in [-0.2, 0) is 0 Å². The van der Waals surface area contributed by atoms with E-state index in [2.05, 4.69) is 27.0 Å². The average molecular weight is 274 g/mol. The molecule has 3 rings (SSSR count). The van der Waals surface area contributed by atoms with Gasteiger partial charge >= 0.3 is 0 Å². The number of nitrogens with two attached hydrogens (primary N) is 1. The second-order valence-electron chi connectivity index (χ2n) is 4.94. The average Bonchev–Trinajstić information content (AvgIpc) is 2.45. The lowest BCUT2D eigenvalue weighted by Gasteiger charge is -2.22. The lowest BCUT2D eigenvalue weighted by atomic mass is 10.0. The molecule has 1 saturated heterocycles. The van der Waals surface area contributed by atoms with Crippen molar-refractivity contribution in [2.75, 3.05) is 29.1 Å². The number of rotatable bonds is 3. The third-order valence-electron chi connectivity index (χ3n) is 3.56. The van der Waals surface area contributed by atoms with Gasteiger partial charge in [0, 0.05) is 17.6 Å². The summed E-state index contributed by atoms with van der Waals surface area (Å²) in [6.07, 6.45) is 4.20. The number of nitrogen functional groups attached to an aromatic ring is 1. The van der Waals surface area contributed by atoms with Gasteiger partial charge in [-0.2, -0.15) is 11.8 Å². The van der Waals surface area contributed by atoms with Gasteiger partial charge in [0.25, 0.3) is 0 Å². The van der Waals surface area contributed by atoms with Crippen LogP contribution in [0.4, 0.5) is 11.5 Å². The zero-order valence-corrected chi connectivity index (χ0v) is 11.6. The molecule has 0 radical (unpaired) electrons. The Morgan fingerprint density at radius 3 is 2.95 bits per heavy atom. The number of hydrogen-bond acceptors (Lipinski definition) is 5. The van der Waals surface area contributed by atoms with Crippen LogP contribution in [0.5, 0.6) is 0 Å². The topological polar surface area (TPSA) is 63.8 Å². The highest BCUT2D eigenvalue weighted by molar-refractivity contribution is 7.99. The van der Waals surface area contributed by atoms with Gasteiger partial charge in [-0.1, -0.05) is 0 Å². The first-order chi connectivity index (χ1) is 9.33. The van der Waals surface area contributed by atoms with Crippen molar-refractivity contribution in [3.8, 4) is 0 Å². The SMILES string of the molecule is Nc1ccc2c(NCC3CCSCC3)ncnc2c1. The molecule has 0 spiro atoms. The maximum atomic E-state index is 5.78. The zero-order valence-electron chi connectivity index (χ0n) is 10.8. The van der Waals surface area contributed by atoms with Gasteiger partial charge in [0.2, 0.25) is 0 Å². The van der Waals surface area contributed by atoms with Crippen LogP contribution in [0, 0.1) is 5.92 Å². The molecule has 1 aromatic heterocycles. The van der Waals surface area contributed by atoms with Gasteiger partial charge in [0.05, 0.1) is 5.52 Å². The van der Waals surface area contributed by atoms with Crippen LogP contribution >= 0.6 is 11.8 Å². The van der Waals surface area contributed by atoms with Crippen LogP contribution in [0.15, 0.2) is 24.5 Å². The predicted molar refractivity (Wildman–Crippen MR) is 82.5 cm³/mol. The van der Waals surface area contributed by atoms with Crippen molar-refractivity contribution in [1.82, 2.24) is 9.97 Å². The molecule has 2 aromatic rings. The summed E-state index contributed by atoms with van der Waals surface area (Å²) in [6.45, 7) is 0.997. The summed E-state index contributed by atoms with van der Waals surface area (Å²) < 4.78 is 0. The van der Waals surface area contributed by atoms with Crippen LogP contribution < -0.4 is 11.1 Å². The summed E-state index contributed by atoms with van der Waals surface area (Å²) in [6, 6.07) is 5.78. The summed E-state index contributed by atoms with van der Waals surface area (Å²) in [5.41, 5.74) is 7.42. The molecule has 0 bridgehead atoms. The van der Waals surface area contributed by atoms with Crippen LogP contribution in [0.3, 0.4) is 0 Å². The second kappa shape index (κ2) is 5.65. The third kappa shape index (κ3) is 2.92. The predicted octanol–water partition coefficient (Wildman–Crippen LogP) is 2.77. The van der Waals surface area contributed by atoms with E-state index in [9.17, 15) is 0 Å². The molecule has 0 unspecified atom stereocenters. The molecule has 3 N–H and O–H groups in total. The van der Waals surface area contributed by atoms with Crippen molar-refractivity contribution in [1.29, 1.82) is 0 Å². The maximum absolute atomic E-state index is 5.78. The van der Waals surface area contributed by atoms with Crippen molar-refractivity contribution >= 4 is 34.2 Å². The number of benzene rings is 1. The molecule has 1 aliphatic heterocycles. The lowest BCUT2D eigenvalue weighted by Crippen LogP contribution is -2.19. The Labute approximate surface area is 117 Å². The second-order valence-corrected chi connectivity index (χ2v) is 6.16. The fourth-order valence-electron chi connectivity index (χ4n) is 2.41. The van der Waals surface area contributed by atoms with Crippen molar-refractivity contribution in [2.45, 2.75) is 12.8 Å². The summed E-state index contributed by atoms with van der Waals surface area (Å²) in [5, 5.41) is 4.52. The largest absolute Gasteiger partial charge is 0.399 e. The summed E-state index contributed by atoms with van der Waals surface area (Å²) in [4.78, 5) is 8.62. The van der Waals surface area contributed by atoms with Gasteiger partial charge in [0.1, 0.15) is 12.1 Å². The fraction of sp³-hybridized carbons (Fsp3) is 0.429. The monoisotopic (exact) mass is 274 g/mol. The van der Waals surface area contributed by atoms with E-state index in [4.69, 9.17) is 5.73 Å². The molecule has 0 aliphatic carbocycles. The summed E-state index contributed by atoms with van der Waals surface area (Å²) in [5.74, 6) is 4.25. The molecular weight excluding hydrogens is 256 g/mol. The first kappa shape index (κ1) is 12.5. The van der Waals surface area contributed by atoms with Gasteiger partial charge in [-0.3, -0.25) is 0 Å². The Hall–Kier alpha value is -1.49. The molecular formula is C14H18N4S. The molecule has 4 nitrogen and oxygen atoms in total. The first-order valence-corrected chi connectivity index (χ1v) is 7.80. The minimum atomic E-state index is 0.737.